The molecule has 3 atom stereocenters. The van der Waals surface area contributed by atoms with E-state index in [9.17, 15) is 17.9 Å². The molecular formula is C24H29FN6O6S. The minimum Gasteiger partial charge on any atom is -0.494 e. The summed E-state index contributed by atoms with van der Waals surface area (Å²) in [6, 6.07) is 5.25. The second-order valence-electron chi connectivity index (χ2n) is 9.25. The Morgan fingerprint density at radius 2 is 1.84 bits per heavy atom. The van der Waals surface area contributed by atoms with Gasteiger partial charge >= 0.3 is 0 Å². The van der Waals surface area contributed by atoms with Gasteiger partial charge in [0.25, 0.3) is 0 Å². The smallest absolute Gasteiger partial charge is 0.225 e. The molecule has 0 amide bonds. The number of rotatable bonds is 8. The van der Waals surface area contributed by atoms with Crippen molar-refractivity contribution in [1.29, 1.82) is 0 Å². The molecule has 204 valence electrons. The lowest BCUT2D eigenvalue weighted by Crippen LogP contribution is -2.49. The number of para-hydroxylation sites is 1. The van der Waals surface area contributed by atoms with Crippen LogP contribution in [0.3, 0.4) is 0 Å². The van der Waals surface area contributed by atoms with Crippen molar-refractivity contribution in [2.24, 2.45) is 0 Å². The molecule has 2 saturated heterocycles. The number of halogens is 1. The average molecular weight is 549 g/mol. The normalized spacial score (nSPS) is 22.0. The van der Waals surface area contributed by atoms with Gasteiger partial charge in [0.2, 0.25) is 5.95 Å². The molecule has 14 heteroatoms. The quantitative estimate of drug-likeness (QED) is 0.439. The molecule has 0 radical (unpaired) electrons. The number of anilines is 1. The molecule has 4 heterocycles. The van der Waals surface area contributed by atoms with Gasteiger partial charge in [-0.05, 0) is 31.4 Å². The van der Waals surface area contributed by atoms with E-state index in [4.69, 9.17) is 14.2 Å². The Kier molecular flexibility index (Phi) is 7.45. The van der Waals surface area contributed by atoms with Gasteiger partial charge in [-0.3, -0.25) is 4.57 Å². The summed E-state index contributed by atoms with van der Waals surface area (Å²) >= 11 is 0. The fourth-order valence-corrected chi connectivity index (χ4v) is 6.63. The van der Waals surface area contributed by atoms with Crippen LogP contribution in [0, 0.1) is 5.82 Å². The third kappa shape index (κ3) is 5.15. The van der Waals surface area contributed by atoms with Crippen LogP contribution in [0.4, 0.5) is 10.3 Å². The summed E-state index contributed by atoms with van der Waals surface area (Å²) in [6.45, 7) is 0.737. The molecule has 5 rings (SSSR count). The first-order valence-corrected chi connectivity index (χ1v) is 13.9. The second kappa shape index (κ2) is 10.8. The molecule has 2 aromatic heterocycles. The maximum absolute atomic E-state index is 13.7. The van der Waals surface area contributed by atoms with Crippen molar-refractivity contribution in [3.8, 4) is 17.2 Å². The number of aromatic nitrogens is 5. The number of β-amino-alcohol motifs (C(OH)–C–C–N with tert-alkyl or cyclic N) is 1. The first-order valence-electron chi connectivity index (χ1n) is 12.2. The highest BCUT2D eigenvalue weighted by Crippen LogP contribution is 2.38. The zero-order chi connectivity index (χ0) is 26.9. The van der Waals surface area contributed by atoms with Gasteiger partial charge in [0.15, 0.2) is 27.3 Å². The van der Waals surface area contributed by atoms with Gasteiger partial charge in [-0.1, -0.05) is 6.07 Å². The number of ether oxygens (including phenoxy) is 3. The van der Waals surface area contributed by atoms with Crippen molar-refractivity contribution >= 4 is 15.8 Å². The van der Waals surface area contributed by atoms with E-state index in [-0.39, 0.29) is 37.4 Å². The van der Waals surface area contributed by atoms with E-state index in [2.05, 4.69) is 20.2 Å². The number of sulfone groups is 1. The standard InChI is InChI=1S/C24H29FN6O6S/c1-35-18-5-3-6-19(36-2)22(18)31-21(28-29-23(31)20-7-4-8-37-20)14-38(33,34)17-9-16(32)12-30(13-17)24-26-10-15(25)11-27-24/h3,5-6,10-11,16-17,20,32H,4,7-9,12-14H2,1-2H3/t16-,17+,20-/m1/s1. The van der Waals surface area contributed by atoms with Crippen molar-refractivity contribution in [1.82, 2.24) is 24.7 Å². The van der Waals surface area contributed by atoms with Crippen molar-refractivity contribution < 1.29 is 32.1 Å². The molecule has 38 heavy (non-hydrogen) atoms. The van der Waals surface area contributed by atoms with Crippen LogP contribution < -0.4 is 14.4 Å². The third-order valence-electron chi connectivity index (χ3n) is 6.72. The predicted octanol–water partition coefficient (Wildman–Crippen LogP) is 1.62. The Bertz CT molecular complexity index is 1360. The Labute approximate surface area is 219 Å². The molecular weight excluding hydrogens is 519 g/mol. The molecule has 0 saturated carbocycles. The van der Waals surface area contributed by atoms with Crippen LogP contribution in [0.15, 0.2) is 30.6 Å². The molecule has 2 aliphatic heterocycles. The summed E-state index contributed by atoms with van der Waals surface area (Å²) < 4.78 is 59.5. The number of nitrogens with zero attached hydrogens (tertiary/aromatic N) is 6. The van der Waals surface area contributed by atoms with Crippen LogP contribution in [0.2, 0.25) is 0 Å². The Hall–Kier alpha value is -3.36. The molecule has 2 aliphatic rings. The van der Waals surface area contributed by atoms with Crippen LogP contribution in [0.5, 0.6) is 11.5 Å². The lowest BCUT2D eigenvalue weighted by molar-refractivity contribution is 0.103. The molecule has 0 spiro atoms. The molecule has 0 aliphatic carbocycles. The van der Waals surface area contributed by atoms with E-state index in [1.807, 2.05) is 0 Å². The highest BCUT2D eigenvalue weighted by Gasteiger charge is 2.38. The minimum absolute atomic E-state index is 0.0325. The molecule has 12 nitrogen and oxygen atoms in total. The van der Waals surface area contributed by atoms with Crippen LogP contribution in [-0.2, 0) is 20.3 Å². The van der Waals surface area contributed by atoms with E-state index < -0.39 is 32.8 Å². The van der Waals surface area contributed by atoms with Gasteiger partial charge in [0.05, 0.1) is 38.0 Å². The molecule has 1 aromatic carbocycles. The van der Waals surface area contributed by atoms with Crippen molar-refractivity contribution in [3.05, 3.63) is 48.1 Å². The van der Waals surface area contributed by atoms with Gasteiger partial charge < -0.3 is 24.2 Å². The Morgan fingerprint density at radius 1 is 1.13 bits per heavy atom. The van der Waals surface area contributed by atoms with Crippen molar-refractivity contribution in [3.63, 3.8) is 0 Å². The van der Waals surface area contributed by atoms with Crippen LogP contribution in [0.25, 0.3) is 5.69 Å². The summed E-state index contributed by atoms with van der Waals surface area (Å²) in [5.41, 5.74) is 0.475. The highest BCUT2D eigenvalue weighted by molar-refractivity contribution is 7.91. The van der Waals surface area contributed by atoms with Crippen LogP contribution in [-0.4, -0.2) is 83.5 Å². The summed E-state index contributed by atoms with van der Waals surface area (Å²) in [5.74, 6) is 0.619. The van der Waals surface area contributed by atoms with Crippen molar-refractivity contribution in [2.45, 2.75) is 42.5 Å². The van der Waals surface area contributed by atoms with E-state index in [1.54, 1.807) is 27.7 Å². The summed E-state index contributed by atoms with van der Waals surface area (Å²) in [4.78, 5) is 9.43. The number of methoxy groups -OCH3 is 2. The molecule has 0 bridgehead atoms. The van der Waals surface area contributed by atoms with Gasteiger partial charge in [0.1, 0.15) is 29.0 Å². The van der Waals surface area contributed by atoms with E-state index >= 15 is 0 Å². The maximum atomic E-state index is 13.7. The summed E-state index contributed by atoms with van der Waals surface area (Å²) in [7, 11) is -0.847. The number of piperidine rings is 1. The Morgan fingerprint density at radius 3 is 2.47 bits per heavy atom. The highest BCUT2D eigenvalue weighted by atomic mass is 32.2. The average Bonchev–Trinajstić information content (AvgIpc) is 3.58. The lowest BCUT2D eigenvalue weighted by Gasteiger charge is -2.35. The van der Waals surface area contributed by atoms with Gasteiger partial charge in [0, 0.05) is 19.7 Å². The van der Waals surface area contributed by atoms with E-state index in [0.717, 1.165) is 18.8 Å². The molecule has 0 unspecified atom stereocenters. The predicted molar refractivity (Wildman–Crippen MR) is 134 cm³/mol. The van der Waals surface area contributed by atoms with Gasteiger partial charge in [-0.2, -0.15) is 0 Å². The van der Waals surface area contributed by atoms with Crippen LogP contribution >= 0.6 is 0 Å². The second-order valence-corrected chi connectivity index (χ2v) is 11.5. The minimum atomic E-state index is -3.88. The van der Waals surface area contributed by atoms with Gasteiger partial charge in [-0.15, -0.1) is 10.2 Å². The number of aliphatic hydroxyl groups excluding tert-OH is 1. The third-order valence-corrected chi connectivity index (χ3v) is 8.73. The van der Waals surface area contributed by atoms with Crippen LogP contribution in [0.1, 0.15) is 37.0 Å². The first kappa shape index (κ1) is 26.3. The molecule has 3 aromatic rings. The van der Waals surface area contributed by atoms with Crippen molar-refractivity contribution in [2.75, 3.05) is 38.8 Å². The number of benzene rings is 1. The lowest BCUT2D eigenvalue weighted by atomic mass is 10.1. The molecule has 2 fully saturated rings. The maximum Gasteiger partial charge on any atom is 0.225 e. The Balaban J connectivity index is 1.51. The SMILES string of the molecule is COc1cccc(OC)c1-n1c(CS(=O)(=O)[C@H]2C[C@@H](O)CN(c3ncc(F)cn3)C2)nnc1[C@H]1CCCO1. The molecule has 1 N–H and O–H groups in total. The summed E-state index contributed by atoms with van der Waals surface area (Å²) in [6.07, 6.45) is 2.29. The fraction of sp³-hybridized carbons (Fsp3) is 0.500. The van der Waals surface area contributed by atoms with E-state index in [0.29, 0.717) is 36.0 Å². The largest absolute Gasteiger partial charge is 0.494 e. The zero-order valence-corrected chi connectivity index (χ0v) is 21.8. The fourth-order valence-electron chi connectivity index (χ4n) is 4.93. The number of hydrogen-bond donors (Lipinski definition) is 1. The summed E-state index contributed by atoms with van der Waals surface area (Å²) in [5, 5.41) is 18.2. The number of aliphatic hydroxyl groups is 1. The monoisotopic (exact) mass is 548 g/mol. The van der Waals surface area contributed by atoms with E-state index in [1.165, 1.54) is 14.2 Å². The number of hydrogen-bond acceptors (Lipinski definition) is 11. The first-order chi connectivity index (χ1) is 18.3. The van der Waals surface area contributed by atoms with Gasteiger partial charge in [-0.25, -0.2) is 22.8 Å². The zero-order valence-electron chi connectivity index (χ0n) is 21.0. The topological polar surface area (TPSA) is 142 Å².